The lowest BCUT2D eigenvalue weighted by Crippen LogP contribution is -2.30. The molecule has 0 aliphatic heterocycles. The summed E-state index contributed by atoms with van der Waals surface area (Å²) in [5, 5.41) is 0.546. The molecule has 0 fully saturated rings. The van der Waals surface area contributed by atoms with Crippen LogP contribution < -0.4 is 4.18 Å². The highest BCUT2D eigenvalue weighted by molar-refractivity contribution is 7.88. The second-order valence-corrected chi connectivity index (χ2v) is 5.89. The van der Waals surface area contributed by atoms with Crippen LogP contribution in [0.2, 0.25) is 0 Å². The number of carbonyl (C=O) groups is 1. The van der Waals surface area contributed by atoms with Gasteiger partial charge in [0, 0.05) is 12.6 Å². The highest BCUT2D eigenvalue weighted by Crippen LogP contribution is 2.34. The largest absolute Gasteiger partial charge is 0.534 e. The van der Waals surface area contributed by atoms with Crippen molar-refractivity contribution in [1.82, 2.24) is 5.06 Å². The molecule has 0 saturated heterocycles. The van der Waals surface area contributed by atoms with Gasteiger partial charge in [0.1, 0.15) is 5.82 Å². The summed E-state index contributed by atoms with van der Waals surface area (Å²) in [7, 11) is -4.05. The first kappa shape index (κ1) is 20.1. The Morgan fingerprint density at radius 2 is 1.83 bits per heavy atom. The highest BCUT2D eigenvalue weighted by atomic mass is 32.2. The zero-order valence-electron chi connectivity index (χ0n) is 12.6. The van der Waals surface area contributed by atoms with E-state index in [-0.39, 0.29) is 6.07 Å². The molecule has 0 atom stereocenters. The Morgan fingerprint density at radius 3 is 2.25 bits per heavy atom. The SMILES string of the molecule is CCc1c(F)c(C(=O)N(C)OC)cc(F)c1OS(=O)(=O)C(F)(F)F. The summed E-state index contributed by atoms with van der Waals surface area (Å²) >= 11 is 0. The number of hydrogen-bond acceptors (Lipinski definition) is 5. The maximum atomic E-state index is 14.3. The van der Waals surface area contributed by atoms with Gasteiger partial charge in [0.15, 0.2) is 11.6 Å². The van der Waals surface area contributed by atoms with Crippen molar-refractivity contribution in [2.45, 2.75) is 18.9 Å². The number of hydrogen-bond donors (Lipinski definition) is 0. The molecule has 1 amide bonds. The fourth-order valence-corrected chi connectivity index (χ4v) is 2.13. The standard InChI is InChI=1S/C12H12F5NO5S/c1-4-6-9(14)7(11(19)18(2)22-3)5-8(13)10(6)23-24(20,21)12(15,16)17/h5H,4H2,1-3H3. The fraction of sp³-hybridized carbons (Fsp3) is 0.417. The molecular formula is C12H12F5NO5S. The molecule has 6 nitrogen and oxygen atoms in total. The first-order chi connectivity index (χ1) is 10.9. The number of halogens is 5. The molecule has 0 aliphatic rings. The second kappa shape index (κ2) is 6.89. The van der Waals surface area contributed by atoms with Crippen LogP contribution in [0.5, 0.6) is 5.75 Å². The van der Waals surface area contributed by atoms with Gasteiger partial charge in [0.05, 0.1) is 12.7 Å². The summed E-state index contributed by atoms with van der Waals surface area (Å²) < 4.78 is 91.0. The number of hydroxylamine groups is 2. The van der Waals surface area contributed by atoms with Crippen molar-refractivity contribution in [1.29, 1.82) is 0 Å². The van der Waals surface area contributed by atoms with Gasteiger partial charge in [0.2, 0.25) is 0 Å². The molecule has 136 valence electrons. The van der Waals surface area contributed by atoms with Crippen LogP contribution >= 0.6 is 0 Å². The molecule has 0 aliphatic carbocycles. The molecule has 0 saturated carbocycles. The second-order valence-electron chi connectivity index (χ2n) is 4.35. The van der Waals surface area contributed by atoms with Crippen LogP contribution in [-0.2, 0) is 21.4 Å². The van der Waals surface area contributed by atoms with Gasteiger partial charge in [-0.1, -0.05) is 6.92 Å². The summed E-state index contributed by atoms with van der Waals surface area (Å²) in [6.07, 6.45) is -0.441. The van der Waals surface area contributed by atoms with Crippen molar-refractivity contribution in [3.05, 3.63) is 28.8 Å². The van der Waals surface area contributed by atoms with Crippen LogP contribution in [0.1, 0.15) is 22.8 Å². The summed E-state index contributed by atoms with van der Waals surface area (Å²) in [6, 6.07) is 0.230. The van der Waals surface area contributed by atoms with E-state index >= 15 is 0 Å². The molecule has 1 aromatic carbocycles. The van der Waals surface area contributed by atoms with Crippen molar-refractivity contribution in [3.8, 4) is 5.75 Å². The molecule has 0 bridgehead atoms. The van der Waals surface area contributed by atoms with Crippen molar-refractivity contribution in [2.75, 3.05) is 14.2 Å². The highest BCUT2D eigenvalue weighted by Gasteiger charge is 2.49. The lowest BCUT2D eigenvalue weighted by molar-refractivity contribution is -0.0759. The van der Waals surface area contributed by atoms with E-state index in [9.17, 15) is 35.2 Å². The summed E-state index contributed by atoms with van der Waals surface area (Å²) in [5.74, 6) is -5.65. The van der Waals surface area contributed by atoms with E-state index in [0.29, 0.717) is 5.06 Å². The number of rotatable bonds is 5. The van der Waals surface area contributed by atoms with Crippen molar-refractivity contribution < 1.29 is 44.2 Å². The Balaban J connectivity index is 3.52. The molecule has 0 heterocycles. The molecule has 0 radical (unpaired) electrons. The summed E-state index contributed by atoms with van der Waals surface area (Å²) in [6.45, 7) is 1.21. The first-order valence-corrected chi connectivity index (χ1v) is 7.62. The minimum atomic E-state index is -6.20. The fourth-order valence-electron chi connectivity index (χ4n) is 1.63. The van der Waals surface area contributed by atoms with E-state index in [0.717, 1.165) is 14.2 Å². The molecule has 1 rings (SSSR count). The predicted molar refractivity (Wildman–Crippen MR) is 70.4 cm³/mol. The van der Waals surface area contributed by atoms with Crippen LogP contribution in [0.15, 0.2) is 6.07 Å². The van der Waals surface area contributed by atoms with Gasteiger partial charge in [-0.3, -0.25) is 9.63 Å². The smallest absolute Gasteiger partial charge is 0.372 e. The predicted octanol–water partition coefficient (Wildman–Crippen LogP) is 2.39. The topological polar surface area (TPSA) is 72.9 Å². The van der Waals surface area contributed by atoms with E-state index in [1.807, 2.05) is 0 Å². The van der Waals surface area contributed by atoms with Crippen LogP contribution in [0, 0.1) is 11.6 Å². The van der Waals surface area contributed by atoms with Gasteiger partial charge in [-0.2, -0.15) is 21.6 Å². The molecular weight excluding hydrogens is 365 g/mol. The van der Waals surface area contributed by atoms with Crippen molar-refractivity contribution in [3.63, 3.8) is 0 Å². The Hall–Kier alpha value is -1.95. The van der Waals surface area contributed by atoms with E-state index in [2.05, 4.69) is 9.02 Å². The summed E-state index contributed by atoms with van der Waals surface area (Å²) in [5.41, 5.74) is -7.52. The van der Waals surface area contributed by atoms with Gasteiger partial charge in [0.25, 0.3) is 5.91 Å². The van der Waals surface area contributed by atoms with E-state index in [1.54, 1.807) is 0 Å². The van der Waals surface area contributed by atoms with E-state index in [4.69, 9.17) is 0 Å². The van der Waals surface area contributed by atoms with Gasteiger partial charge in [-0.25, -0.2) is 13.8 Å². The van der Waals surface area contributed by atoms with Gasteiger partial charge >= 0.3 is 15.6 Å². The molecule has 0 N–H and O–H groups in total. The average molecular weight is 377 g/mol. The Morgan fingerprint density at radius 1 is 1.29 bits per heavy atom. The minimum absolute atomic E-state index is 0.230. The van der Waals surface area contributed by atoms with Crippen LogP contribution in [0.3, 0.4) is 0 Å². The quantitative estimate of drug-likeness (QED) is 0.341. The zero-order chi connectivity index (χ0) is 18.9. The molecule has 0 aromatic heterocycles. The monoisotopic (exact) mass is 377 g/mol. The molecule has 0 unspecified atom stereocenters. The Labute approximate surface area is 133 Å². The molecule has 0 spiro atoms. The maximum absolute atomic E-state index is 14.3. The van der Waals surface area contributed by atoms with Crippen molar-refractivity contribution in [2.24, 2.45) is 0 Å². The van der Waals surface area contributed by atoms with Crippen LogP contribution in [-0.4, -0.2) is 39.1 Å². The molecule has 24 heavy (non-hydrogen) atoms. The number of alkyl halides is 3. The van der Waals surface area contributed by atoms with Gasteiger partial charge in [-0.15, -0.1) is 0 Å². The molecule has 12 heteroatoms. The number of carbonyl (C=O) groups excluding carboxylic acids is 1. The third kappa shape index (κ3) is 3.75. The Bertz CT molecular complexity index is 747. The third-order valence-corrected chi connectivity index (χ3v) is 3.84. The average Bonchev–Trinajstić information content (AvgIpc) is 2.48. The number of amides is 1. The lowest BCUT2D eigenvalue weighted by atomic mass is 10.0. The van der Waals surface area contributed by atoms with Crippen LogP contribution in [0.25, 0.3) is 0 Å². The summed E-state index contributed by atoms with van der Waals surface area (Å²) in [4.78, 5) is 16.3. The maximum Gasteiger partial charge on any atom is 0.534 e. The lowest BCUT2D eigenvalue weighted by Gasteiger charge is -2.18. The third-order valence-electron chi connectivity index (χ3n) is 2.88. The van der Waals surface area contributed by atoms with Gasteiger partial charge in [-0.05, 0) is 12.5 Å². The van der Waals surface area contributed by atoms with E-state index < -0.39 is 56.5 Å². The number of benzene rings is 1. The van der Waals surface area contributed by atoms with Gasteiger partial charge < -0.3 is 4.18 Å². The first-order valence-electron chi connectivity index (χ1n) is 6.21. The Kier molecular flexibility index (Phi) is 5.77. The zero-order valence-corrected chi connectivity index (χ0v) is 13.4. The normalized spacial score (nSPS) is 12.2. The minimum Gasteiger partial charge on any atom is -0.372 e. The van der Waals surface area contributed by atoms with Crippen molar-refractivity contribution >= 4 is 16.0 Å². The van der Waals surface area contributed by atoms with E-state index in [1.165, 1.54) is 6.92 Å². The van der Waals surface area contributed by atoms with Crippen LogP contribution in [0.4, 0.5) is 22.0 Å². The number of nitrogens with zero attached hydrogens (tertiary/aromatic N) is 1. The molecule has 1 aromatic rings.